The summed E-state index contributed by atoms with van der Waals surface area (Å²) in [6.45, 7) is 1.40. The number of carbonyl (C=O) groups is 2. The maximum absolute atomic E-state index is 11.2. The zero-order valence-electron chi connectivity index (χ0n) is 9.53. The molecule has 0 rings (SSSR count). The molecule has 0 unspecified atom stereocenters. The number of carbonyl (C=O) groups excluding carboxylic acids is 1. The van der Waals surface area contributed by atoms with Gasteiger partial charge in [0.15, 0.2) is 0 Å². The van der Waals surface area contributed by atoms with Crippen LogP contribution in [0.5, 0.6) is 0 Å². The molecule has 0 radical (unpaired) electrons. The van der Waals surface area contributed by atoms with Crippen molar-refractivity contribution < 1.29 is 19.4 Å². The van der Waals surface area contributed by atoms with Crippen molar-refractivity contribution >= 4 is 23.6 Å². The Labute approximate surface area is 99.9 Å². The number of unbranched alkanes of at least 4 members (excludes halogenated alkanes) is 2. The average Bonchev–Trinajstić information content (AvgIpc) is 2.22. The van der Waals surface area contributed by atoms with E-state index < -0.39 is 5.97 Å². The zero-order valence-corrected chi connectivity index (χ0v) is 10.3. The third kappa shape index (κ3) is 11.3. The molecular weight excluding hydrogens is 230 g/mol. The lowest BCUT2D eigenvalue weighted by atomic mass is 10.2. The SMILES string of the molecule is COCCCCCNC(=O)CSCC(=O)O. The molecule has 16 heavy (non-hydrogen) atoms. The van der Waals surface area contributed by atoms with Crippen LogP contribution in [0.25, 0.3) is 0 Å². The van der Waals surface area contributed by atoms with Crippen LogP contribution in [0.15, 0.2) is 0 Å². The average molecular weight is 249 g/mol. The van der Waals surface area contributed by atoms with E-state index in [0.717, 1.165) is 37.6 Å². The van der Waals surface area contributed by atoms with E-state index in [1.54, 1.807) is 7.11 Å². The normalized spacial score (nSPS) is 10.1. The minimum Gasteiger partial charge on any atom is -0.481 e. The number of methoxy groups -OCH3 is 1. The molecule has 0 fully saturated rings. The molecule has 0 aliphatic rings. The Hall–Kier alpha value is -0.750. The van der Waals surface area contributed by atoms with Gasteiger partial charge < -0.3 is 15.2 Å². The first-order chi connectivity index (χ1) is 7.66. The van der Waals surface area contributed by atoms with Crippen molar-refractivity contribution in [3.63, 3.8) is 0 Å². The van der Waals surface area contributed by atoms with Crippen LogP contribution in [0.4, 0.5) is 0 Å². The van der Waals surface area contributed by atoms with Crippen molar-refractivity contribution in [3.05, 3.63) is 0 Å². The molecule has 0 spiro atoms. The third-order valence-corrected chi connectivity index (χ3v) is 2.72. The van der Waals surface area contributed by atoms with Crippen LogP contribution in [0, 0.1) is 0 Å². The third-order valence-electron chi connectivity index (χ3n) is 1.81. The highest BCUT2D eigenvalue weighted by atomic mass is 32.2. The van der Waals surface area contributed by atoms with Crippen molar-refractivity contribution in [2.75, 3.05) is 31.8 Å². The Morgan fingerprint density at radius 2 is 2.00 bits per heavy atom. The Kier molecular flexibility index (Phi) is 10.3. The Morgan fingerprint density at radius 1 is 1.25 bits per heavy atom. The summed E-state index contributed by atoms with van der Waals surface area (Å²) in [5, 5.41) is 11.1. The lowest BCUT2D eigenvalue weighted by Gasteiger charge is -2.04. The predicted octanol–water partition coefficient (Wildman–Crippen LogP) is 0.737. The summed E-state index contributed by atoms with van der Waals surface area (Å²) in [6.07, 6.45) is 2.95. The smallest absolute Gasteiger partial charge is 0.313 e. The molecule has 0 heterocycles. The molecule has 0 atom stereocenters. The number of amides is 1. The second-order valence-corrected chi connectivity index (χ2v) is 4.28. The molecule has 0 aromatic heterocycles. The Balaban J connectivity index is 3.20. The quantitative estimate of drug-likeness (QED) is 0.558. The number of carboxylic acid groups (broad SMARTS) is 1. The van der Waals surface area contributed by atoms with Crippen LogP contribution in [0.3, 0.4) is 0 Å². The molecule has 94 valence electrons. The fraction of sp³-hybridized carbons (Fsp3) is 0.800. The molecular formula is C10H19NO4S. The molecule has 0 aromatic rings. The van der Waals surface area contributed by atoms with E-state index in [9.17, 15) is 9.59 Å². The molecule has 0 saturated carbocycles. The summed E-state index contributed by atoms with van der Waals surface area (Å²) in [6, 6.07) is 0. The molecule has 1 amide bonds. The van der Waals surface area contributed by atoms with Crippen LogP contribution in [-0.4, -0.2) is 48.8 Å². The van der Waals surface area contributed by atoms with Crippen molar-refractivity contribution in [1.82, 2.24) is 5.32 Å². The predicted molar refractivity (Wildman–Crippen MR) is 63.7 cm³/mol. The molecule has 0 aliphatic carbocycles. The Bertz CT molecular complexity index is 211. The minimum absolute atomic E-state index is 0.0265. The molecule has 0 aromatic carbocycles. The number of nitrogens with one attached hydrogen (secondary N) is 1. The van der Waals surface area contributed by atoms with Gasteiger partial charge in [0, 0.05) is 20.3 Å². The molecule has 2 N–H and O–H groups in total. The van der Waals surface area contributed by atoms with Gasteiger partial charge in [0.05, 0.1) is 11.5 Å². The summed E-state index contributed by atoms with van der Waals surface area (Å²) in [4.78, 5) is 21.3. The van der Waals surface area contributed by atoms with Gasteiger partial charge in [-0.25, -0.2) is 0 Å². The van der Waals surface area contributed by atoms with Gasteiger partial charge in [-0.05, 0) is 19.3 Å². The molecule has 5 nitrogen and oxygen atoms in total. The van der Waals surface area contributed by atoms with Gasteiger partial charge >= 0.3 is 5.97 Å². The number of ether oxygens (including phenoxy) is 1. The molecule has 0 aliphatic heterocycles. The number of rotatable bonds is 10. The molecule has 0 saturated heterocycles. The fourth-order valence-electron chi connectivity index (χ4n) is 1.06. The Morgan fingerprint density at radius 3 is 2.62 bits per heavy atom. The van der Waals surface area contributed by atoms with Gasteiger partial charge in [-0.3, -0.25) is 9.59 Å². The summed E-state index contributed by atoms with van der Waals surface area (Å²) in [7, 11) is 1.67. The number of thioether (sulfide) groups is 1. The van der Waals surface area contributed by atoms with E-state index in [1.807, 2.05) is 0 Å². The fourth-order valence-corrected chi connectivity index (χ4v) is 1.62. The number of hydrogen-bond acceptors (Lipinski definition) is 4. The number of aliphatic carboxylic acids is 1. The van der Waals surface area contributed by atoms with Crippen molar-refractivity contribution in [1.29, 1.82) is 0 Å². The second-order valence-electron chi connectivity index (χ2n) is 3.29. The maximum atomic E-state index is 11.2. The van der Waals surface area contributed by atoms with Gasteiger partial charge in [-0.2, -0.15) is 0 Å². The van der Waals surface area contributed by atoms with Gasteiger partial charge in [0.25, 0.3) is 0 Å². The highest BCUT2D eigenvalue weighted by molar-refractivity contribution is 8.00. The van der Waals surface area contributed by atoms with E-state index in [2.05, 4.69) is 5.32 Å². The van der Waals surface area contributed by atoms with Crippen molar-refractivity contribution in [2.45, 2.75) is 19.3 Å². The minimum atomic E-state index is -0.891. The highest BCUT2D eigenvalue weighted by Gasteiger charge is 2.02. The van der Waals surface area contributed by atoms with E-state index >= 15 is 0 Å². The van der Waals surface area contributed by atoms with Crippen LogP contribution in [-0.2, 0) is 14.3 Å². The summed E-state index contributed by atoms with van der Waals surface area (Å²) < 4.78 is 4.90. The lowest BCUT2D eigenvalue weighted by Crippen LogP contribution is -2.26. The molecule has 6 heteroatoms. The van der Waals surface area contributed by atoms with Gasteiger partial charge in [0.2, 0.25) is 5.91 Å². The van der Waals surface area contributed by atoms with E-state index in [0.29, 0.717) is 6.54 Å². The highest BCUT2D eigenvalue weighted by Crippen LogP contribution is 1.98. The summed E-state index contributed by atoms with van der Waals surface area (Å²) >= 11 is 1.11. The first-order valence-electron chi connectivity index (χ1n) is 5.22. The van der Waals surface area contributed by atoms with Crippen molar-refractivity contribution in [2.24, 2.45) is 0 Å². The summed E-state index contributed by atoms with van der Waals surface area (Å²) in [5.74, 6) is -0.804. The monoisotopic (exact) mass is 249 g/mol. The van der Waals surface area contributed by atoms with Gasteiger partial charge in [0.1, 0.15) is 0 Å². The van der Waals surface area contributed by atoms with Crippen LogP contribution in [0.2, 0.25) is 0 Å². The number of carboxylic acids is 1. The zero-order chi connectivity index (χ0) is 12.2. The van der Waals surface area contributed by atoms with E-state index in [1.165, 1.54) is 0 Å². The molecule has 0 bridgehead atoms. The van der Waals surface area contributed by atoms with E-state index in [4.69, 9.17) is 9.84 Å². The van der Waals surface area contributed by atoms with Crippen LogP contribution >= 0.6 is 11.8 Å². The van der Waals surface area contributed by atoms with Gasteiger partial charge in [-0.15, -0.1) is 11.8 Å². The van der Waals surface area contributed by atoms with Crippen LogP contribution < -0.4 is 5.32 Å². The lowest BCUT2D eigenvalue weighted by molar-refractivity contribution is -0.133. The standard InChI is InChI=1S/C10H19NO4S/c1-15-6-4-2-3-5-11-9(12)7-16-8-10(13)14/h2-8H2,1H3,(H,11,12)(H,13,14). The van der Waals surface area contributed by atoms with E-state index in [-0.39, 0.29) is 17.4 Å². The van der Waals surface area contributed by atoms with Crippen molar-refractivity contribution in [3.8, 4) is 0 Å². The largest absolute Gasteiger partial charge is 0.481 e. The first kappa shape index (κ1) is 15.2. The second kappa shape index (κ2) is 10.8. The topological polar surface area (TPSA) is 75.6 Å². The number of hydrogen-bond donors (Lipinski definition) is 2. The van der Waals surface area contributed by atoms with Gasteiger partial charge in [-0.1, -0.05) is 0 Å². The maximum Gasteiger partial charge on any atom is 0.313 e. The van der Waals surface area contributed by atoms with Crippen LogP contribution in [0.1, 0.15) is 19.3 Å². The summed E-state index contributed by atoms with van der Waals surface area (Å²) in [5.41, 5.74) is 0. The first-order valence-corrected chi connectivity index (χ1v) is 6.37.